The van der Waals surface area contributed by atoms with Crippen molar-refractivity contribution < 1.29 is 34.1 Å². The molecule has 0 saturated carbocycles. The van der Waals surface area contributed by atoms with Gasteiger partial charge < -0.3 is 26.4 Å². The molecule has 0 fully saturated rings. The number of hydrogen-bond acceptors (Lipinski definition) is 9. The average Bonchev–Trinajstić information content (AvgIpc) is 3.00. The number of nitrogens with two attached hydrogens (primary N) is 1. The fraction of sp³-hybridized carbons (Fsp3) is 0.552. The predicted molar refractivity (Wildman–Crippen MR) is 145 cm³/mol. The number of fused-ring (bicyclic) bond motifs is 4. The smallest absolute Gasteiger partial charge is 0.255 e. The van der Waals surface area contributed by atoms with Gasteiger partial charge in [-0.15, -0.1) is 0 Å². The Hall–Kier alpha value is -3.28. The van der Waals surface area contributed by atoms with Crippen LogP contribution in [0.2, 0.25) is 0 Å². The molecule has 0 saturated heterocycles. The van der Waals surface area contributed by atoms with E-state index < -0.39 is 63.9 Å². The number of Topliss-reactive ketones (excluding diaryl/α,β-unsaturated/α-hetero) is 2. The van der Waals surface area contributed by atoms with E-state index in [-0.39, 0.29) is 35.6 Å². The number of halogens is 1. The van der Waals surface area contributed by atoms with Gasteiger partial charge in [0.25, 0.3) is 5.91 Å². The van der Waals surface area contributed by atoms with Gasteiger partial charge in [0, 0.05) is 53.0 Å². The minimum Gasteiger partial charge on any atom is -0.510 e. The van der Waals surface area contributed by atoms with Gasteiger partial charge in [-0.1, -0.05) is 13.8 Å². The van der Waals surface area contributed by atoms with E-state index in [1.54, 1.807) is 20.2 Å². The molecule has 10 nitrogen and oxygen atoms in total. The third-order valence-electron chi connectivity index (χ3n) is 9.10. The van der Waals surface area contributed by atoms with Crippen molar-refractivity contribution in [3.05, 3.63) is 51.2 Å². The van der Waals surface area contributed by atoms with Gasteiger partial charge in [-0.05, 0) is 58.3 Å². The van der Waals surface area contributed by atoms with Crippen LogP contribution in [0.1, 0.15) is 48.2 Å². The first-order valence-corrected chi connectivity index (χ1v) is 13.6. The fourth-order valence-corrected chi connectivity index (χ4v) is 7.18. The van der Waals surface area contributed by atoms with Gasteiger partial charge in [-0.2, -0.15) is 0 Å². The van der Waals surface area contributed by atoms with Gasteiger partial charge in [-0.3, -0.25) is 24.2 Å². The Morgan fingerprint density at radius 1 is 1.27 bits per heavy atom. The number of likely N-dealkylation sites (N-methyl/N-ethyl adjacent to an activating group) is 2. The molecule has 0 bridgehead atoms. The van der Waals surface area contributed by atoms with E-state index in [1.807, 2.05) is 7.05 Å². The van der Waals surface area contributed by atoms with E-state index in [2.05, 4.69) is 24.1 Å². The fourth-order valence-electron chi connectivity index (χ4n) is 7.18. The van der Waals surface area contributed by atoms with E-state index in [0.29, 0.717) is 30.3 Å². The molecule has 40 heavy (non-hydrogen) atoms. The van der Waals surface area contributed by atoms with Crippen LogP contribution in [0.3, 0.4) is 0 Å². The molecule has 1 aromatic rings. The Balaban J connectivity index is 1.62. The van der Waals surface area contributed by atoms with Gasteiger partial charge >= 0.3 is 0 Å². The molecule has 0 unspecified atom stereocenters. The molecule has 0 spiro atoms. The maximum Gasteiger partial charge on any atom is 0.255 e. The Bertz CT molecular complexity index is 1380. The highest BCUT2D eigenvalue weighted by atomic mass is 19.1. The van der Waals surface area contributed by atoms with Crippen molar-refractivity contribution in [2.45, 2.75) is 57.3 Å². The molecule has 5 rings (SSSR count). The number of nitrogens with one attached hydrogen (secondary N) is 1. The maximum absolute atomic E-state index is 16.2. The minimum absolute atomic E-state index is 0.0170. The molecule has 1 aromatic carbocycles. The summed E-state index contributed by atoms with van der Waals surface area (Å²) in [7, 11) is 5.12. The zero-order valence-corrected chi connectivity index (χ0v) is 23.4. The van der Waals surface area contributed by atoms with Gasteiger partial charge in [0.2, 0.25) is 5.78 Å². The summed E-state index contributed by atoms with van der Waals surface area (Å²) >= 11 is 0. The van der Waals surface area contributed by atoms with Gasteiger partial charge in [0.15, 0.2) is 11.4 Å². The Morgan fingerprint density at radius 2 is 1.95 bits per heavy atom. The highest BCUT2D eigenvalue weighted by Crippen LogP contribution is 2.52. The summed E-state index contributed by atoms with van der Waals surface area (Å²) in [6.45, 7) is 5.19. The van der Waals surface area contributed by atoms with Crippen molar-refractivity contribution in [3.63, 3.8) is 0 Å². The molecule has 0 aromatic heterocycles. The summed E-state index contributed by atoms with van der Waals surface area (Å²) in [5.74, 6) is -6.52. The number of carbonyl (C=O) groups excluding carboxylic acids is 3. The number of nitrogens with zero attached hydrogens (tertiary/aromatic N) is 2. The van der Waals surface area contributed by atoms with Gasteiger partial charge in [0.1, 0.15) is 22.9 Å². The SMILES string of the molecule is CC(C)C[C@@H]1CNc2cc3c(c(F)c2CN1C)C[C@H]1C[C@H]2[C@H](N(C)C)C(O)=C(C(N)=O)C(=O)[C@@]2(O)C(O)=C1C3=O. The molecular weight excluding hydrogens is 519 g/mol. The summed E-state index contributed by atoms with van der Waals surface area (Å²) in [6, 6.07) is 0.707. The number of benzene rings is 1. The Labute approximate surface area is 232 Å². The largest absolute Gasteiger partial charge is 0.510 e. The van der Waals surface area contributed by atoms with E-state index in [1.165, 1.54) is 4.90 Å². The summed E-state index contributed by atoms with van der Waals surface area (Å²) in [5.41, 5.74) is 3.00. The first-order valence-electron chi connectivity index (χ1n) is 13.6. The van der Waals surface area contributed by atoms with E-state index in [4.69, 9.17) is 5.73 Å². The second kappa shape index (κ2) is 9.67. The van der Waals surface area contributed by atoms with Crippen LogP contribution in [0, 0.1) is 23.6 Å². The summed E-state index contributed by atoms with van der Waals surface area (Å²) in [6.07, 6.45) is 0.958. The van der Waals surface area contributed by atoms with Crippen molar-refractivity contribution in [2.75, 3.05) is 33.0 Å². The number of amides is 1. The molecule has 1 heterocycles. The van der Waals surface area contributed by atoms with Crippen LogP contribution in [0.4, 0.5) is 10.1 Å². The number of carbonyl (C=O) groups is 3. The highest BCUT2D eigenvalue weighted by molar-refractivity contribution is 6.24. The number of aliphatic hydroxyl groups excluding tert-OH is 2. The molecular formula is C29H37FN4O6. The number of rotatable bonds is 4. The minimum atomic E-state index is -2.65. The molecule has 3 aliphatic carbocycles. The number of aliphatic hydroxyl groups is 3. The van der Waals surface area contributed by atoms with Gasteiger partial charge in [-0.25, -0.2) is 4.39 Å². The van der Waals surface area contributed by atoms with Crippen LogP contribution in [0.15, 0.2) is 28.7 Å². The van der Waals surface area contributed by atoms with Crippen LogP contribution in [-0.2, 0) is 22.6 Å². The predicted octanol–water partition coefficient (Wildman–Crippen LogP) is 1.83. The monoisotopic (exact) mass is 556 g/mol. The van der Waals surface area contributed by atoms with Crippen molar-refractivity contribution >= 4 is 23.2 Å². The van der Waals surface area contributed by atoms with Gasteiger partial charge in [0.05, 0.1) is 6.04 Å². The first-order chi connectivity index (χ1) is 18.7. The first kappa shape index (κ1) is 28.3. The number of anilines is 1. The second-order valence-corrected chi connectivity index (χ2v) is 12.3. The Morgan fingerprint density at radius 3 is 2.55 bits per heavy atom. The van der Waals surface area contributed by atoms with Crippen molar-refractivity contribution in [3.8, 4) is 0 Å². The van der Waals surface area contributed by atoms with Crippen LogP contribution in [0.5, 0.6) is 0 Å². The zero-order valence-electron chi connectivity index (χ0n) is 23.4. The van der Waals surface area contributed by atoms with E-state index >= 15 is 4.39 Å². The molecule has 1 aliphatic heterocycles. The lowest BCUT2D eigenvalue weighted by Crippen LogP contribution is -2.63. The third kappa shape index (κ3) is 3.97. The van der Waals surface area contributed by atoms with Crippen molar-refractivity contribution in [1.82, 2.24) is 9.80 Å². The van der Waals surface area contributed by atoms with E-state index in [9.17, 15) is 29.7 Å². The molecule has 4 aliphatic rings. The van der Waals surface area contributed by atoms with Crippen molar-refractivity contribution in [2.24, 2.45) is 23.5 Å². The van der Waals surface area contributed by atoms with Crippen LogP contribution >= 0.6 is 0 Å². The second-order valence-electron chi connectivity index (χ2n) is 12.3. The molecule has 1 amide bonds. The number of primary amides is 1. The van der Waals surface area contributed by atoms with Crippen LogP contribution in [-0.4, -0.2) is 88.0 Å². The molecule has 0 radical (unpaired) electrons. The zero-order chi connectivity index (χ0) is 29.4. The molecule has 216 valence electrons. The summed E-state index contributed by atoms with van der Waals surface area (Å²) in [5, 5.41) is 37.3. The maximum atomic E-state index is 16.2. The quantitative estimate of drug-likeness (QED) is 0.349. The van der Waals surface area contributed by atoms with Crippen molar-refractivity contribution in [1.29, 1.82) is 0 Å². The lowest BCUT2D eigenvalue weighted by Gasteiger charge is -2.50. The molecule has 11 heteroatoms. The lowest BCUT2D eigenvalue weighted by molar-refractivity contribution is -0.148. The van der Waals surface area contributed by atoms with Crippen LogP contribution < -0.4 is 11.1 Å². The summed E-state index contributed by atoms with van der Waals surface area (Å²) < 4.78 is 16.2. The lowest BCUT2D eigenvalue weighted by atomic mass is 9.58. The van der Waals surface area contributed by atoms with E-state index in [0.717, 1.165) is 6.42 Å². The highest BCUT2D eigenvalue weighted by Gasteiger charge is 2.63. The van der Waals surface area contributed by atoms with Crippen LogP contribution in [0.25, 0.3) is 0 Å². The number of hydrogen-bond donors (Lipinski definition) is 5. The number of allylic oxidation sites excluding steroid dienone is 1. The topological polar surface area (TPSA) is 156 Å². The third-order valence-corrected chi connectivity index (χ3v) is 9.10. The molecule has 5 atom stereocenters. The average molecular weight is 557 g/mol. The number of ketones is 2. The molecule has 6 N–H and O–H groups in total. The Kier molecular flexibility index (Phi) is 6.83. The normalized spacial score (nSPS) is 30.5. The summed E-state index contributed by atoms with van der Waals surface area (Å²) in [4.78, 5) is 43.0. The standard InChI is InChI=1S/C29H37FN4O6/c1-12(2)6-14-10-32-19-9-16-15(22(30)17(19)11-34(14)5)7-13-8-18-23(33(3)4)25(36)21(28(31)39)27(38)29(18,40)26(37)20(13)24(16)35/h9,12-14,18,23,32,36-37,40H,6-8,10-11H2,1-5H3,(H2,31,39)/t13-,14+,18-,23-,29-/m0/s1.